The highest BCUT2D eigenvalue weighted by atomic mass is 35.5. The van der Waals surface area contributed by atoms with Gasteiger partial charge in [-0.15, -0.1) is 0 Å². The van der Waals surface area contributed by atoms with E-state index in [1.165, 1.54) is 5.69 Å². The van der Waals surface area contributed by atoms with Crippen molar-refractivity contribution in [1.29, 1.82) is 0 Å². The zero-order valence-corrected chi connectivity index (χ0v) is 16.1. The number of hydrogen-bond acceptors (Lipinski definition) is 4. The average Bonchev–Trinajstić information content (AvgIpc) is 3.17. The topological polar surface area (TPSA) is 44.4 Å². The maximum Gasteiger partial charge on any atom is 0.137 e. The Morgan fingerprint density at radius 3 is 2.67 bits per heavy atom. The van der Waals surface area contributed by atoms with Crippen LogP contribution in [-0.4, -0.2) is 48.2 Å². The van der Waals surface area contributed by atoms with Gasteiger partial charge in [0.05, 0.1) is 12.8 Å². The quantitative estimate of drug-likeness (QED) is 0.722. The number of nitrogens with one attached hydrogen (secondary N) is 1. The Kier molecular flexibility index (Phi) is 5.32. The Labute approximate surface area is 164 Å². The highest BCUT2D eigenvalue weighted by Crippen LogP contribution is 2.23. The van der Waals surface area contributed by atoms with Crippen LogP contribution in [0, 0.1) is 0 Å². The lowest BCUT2D eigenvalue weighted by molar-refractivity contribution is 0.247. The molecule has 3 aromatic rings. The van der Waals surface area contributed by atoms with Crippen molar-refractivity contribution in [2.45, 2.75) is 6.54 Å². The number of anilines is 1. The van der Waals surface area contributed by atoms with Crippen LogP contribution in [0.2, 0.25) is 5.02 Å². The lowest BCUT2D eigenvalue weighted by Gasteiger charge is -2.35. The second kappa shape index (κ2) is 8.03. The number of ether oxygens (including phenoxy) is 1. The first kappa shape index (κ1) is 17.9. The third kappa shape index (κ3) is 4.26. The molecule has 6 heteroatoms. The van der Waals surface area contributed by atoms with Crippen LogP contribution < -0.4 is 9.64 Å². The molecule has 0 unspecified atom stereocenters. The fraction of sp³-hybridized carbons (Fsp3) is 0.286. The molecule has 1 aliphatic rings. The summed E-state index contributed by atoms with van der Waals surface area (Å²) in [5, 5.41) is 0.721. The number of aromatic nitrogens is 2. The average molecular weight is 383 g/mol. The molecule has 27 heavy (non-hydrogen) atoms. The van der Waals surface area contributed by atoms with Crippen LogP contribution in [0.4, 0.5) is 5.69 Å². The van der Waals surface area contributed by atoms with Gasteiger partial charge in [-0.3, -0.25) is 4.90 Å². The first-order valence-electron chi connectivity index (χ1n) is 9.13. The standard InChI is InChI=1S/C21H23ClN4O/c1-27-20-7-3-6-19(13-20)26-10-8-25(9-11-26)15-18-14-23-21(24-18)16-4-2-5-17(22)12-16/h2-7,12-14H,8-11,15H2,1H3,(H,23,24). The summed E-state index contributed by atoms with van der Waals surface area (Å²) < 4.78 is 5.33. The second-order valence-corrected chi connectivity index (χ2v) is 7.15. The molecule has 1 saturated heterocycles. The minimum Gasteiger partial charge on any atom is -0.497 e. The van der Waals surface area contributed by atoms with E-state index in [-0.39, 0.29) is 0 Å². The summed E-state index contributed by atoms with van der Waals surface area (Å²) in [6.07, 6.45) is 1.99. The Bertz CT molecular complexity index is 902. The maximum atomic E-state index is 6.08. The summed E-state index contributed by atoms with van der Waals surface area (Å²) in [7, 11) is 1.71. The van der Waals surface area contributed by atoms with Crippen LogP contribution in [0.15, 0.2) is 54.7 Å². The first-order valence-corrected chi connectivity index (χ1v) is 9.50. The van der Waals surface area contributed by atoms with Crippen molar-refractivity contribution >= 4 is 17.3 Å². The zero-order valence-electron chi connectivity index (χ0n) is 15.4. The van der Waals surface area contributed by atoms with E-state index in [0.29, 0.717) is 0 Å². The number of hydrogen-bond donors (Lipinski definition) is 1. The van der Waals surface area contributed by atoms with Gasteiger partial charge in [-0.05, 0) is 24.3 Å². The van der Waals surface area contributed by atoms with E-state index in [1.807, 2.05) is 42.6 Å². The SMILES string of the molecule is COc1cccc(N2CCN(Cc3c[nH]c(-c4cccc(Cl)c4)n3)CC2)c1. The smallest absolute Gasteiger partial charge is 0.137 e. The van der Waals surface area contributed by atoms with Crippen molar-refractivity contribution in [3.8, 4) is 17.1 Å². The fourth-order valence-electron chi connectivity index (χ4n) is 3.42. The van der Waals surface area contributed by atoms with Gasteiger partial charge in [-0.2, -0.15) is 0 Å². The summed E-state index contributed by atoms with van der Waals surface area (Å²) >= 11 is 6.08. The van der Waals surface area contributed by atoms with Gasteiger partial charge in [0, 0.05) is 61.3 Å². The van der Waals surface area contributed by atoms with Crippen molar-refractivity contribution in [2.75, 3.05) is 38.2 Å². The van der Waals surface area contributed by atoms with Crippen molar-refractivity contribution in [3.63, 3.8) is 0 Å². The van der Waals surface area contributed by atoms with Crippen molar-refractivity contribution in [1.82, 2.24) is 14.9 Å². The van der Waals surface area contributed by atoms with Crippen molar-refractivity contribution < 1.29 is 4.74 Å². The highest BCUT2D eigenvalue weighted by Gasteiger charge is 2.18. The zero-order chi connectivity index (χ0) is 18.6. The molecular formula is C21H23ClN4O. The minimum atomic E-state index is 0.721. The largest absolute Gasteiger partial charge is 0.497 e. The number of methoxy groups -OCH3 is 1. The van der Waals surface area contributed by atoms with Gasteiger partial charge in [0.2, 0.25) is 0 Å². The number of imidazole rings is 1. The van der Waals surface area contributed by atoms with Crippen LogP contribution in [0.1, 0.15) is 5.69 Å². The Balaban J connectivity index is 1.35. The van der Waals surface area contributed by atoms with Gasteiger partial charge in [-0.25, -0.2) is 4.98 Å². The maximum absolute atomic E-state index is 6.08. The predicted molar refractivity (Wildman–Crippen MR) is 110 cm³/mol. The molecule has 0 radical (unpaired) electrons. The molecule has 0 saturated carbocycles. The number of piperazine rings is 1. The van der Waals surface area contributed by atoms with Crippen LogP contribution in [-0.2, 0) is 6.54 Å². The number of halogens is 1. The Hall–Kier alpha value is -2.50. The molecule has 0 atom stereocenters. The van der Waals surface area contributed by atoms with E-state index in [0.717, 1.165) is 60.6 Å². The molecule has 0 aliphatic carbocycles. The molecule has 1 fully saturated rings. The lowest BCUT2D eigenvalue weighted by atomic mass is 10.2. The third-order valence-electron chi connectivity index (χ3n) is 4.91. The summed E-state index contributed by atoms with van der Waals surface area (Å²) in [6.45, 7) is 4.87. The normalized spacial score (nSPS) is 15.1. The molecule has 1 N–H and O–H groups in total. The van der Waals surface area contributed by atoms with Crippen molar-refractivity contribution in [2.24, 2.45) is 0 Å². The van der Waals surface area contributed by atoms with Gasteiger partial charge in [0.1, 0.15) is 11.6 Å². The monoisotopic (exact) mass is 382 g/mol. The van der Waals surface area contributed by atoms with E-state index >= 15 is 0 Å². The number of H-pyrrole nitrogens is 1. The lowest BCUT2D eigenvalue weighted by Crippen LogP contribution is -2.46. The number of benzene rings is 2. The molecule has 0 bridgehead atoms. The minimum absolute atomic E-state index is 0.721. The van der Waals surface area contributed by atoms with Crippen molar-refractivity contribution in [3.05, 3.63) is 65.4 Å². The van der Waals surface area contributed by atoms with Crippen LogP contribution in [0.3, 0.4) is 0 Å². The van der Waals surface area contributed by atoms with E-state index in [9.17, 15) is 0 Å². The summed E-state index contributed by atoms with van der Waals surface area (Å²) in [4.78, 5) is 12.8. The van der Waals surface area contributed by atoms with Crippen LogP contribution in [0.5, 0.6) is 5.75 Å². The first-order chi connectivity index (χ1) is 13.2. The van der Waals surface area contributed by atoms with Gasteiger partial charge in [-0.1, -0.05) is 29.8 Å². The van der Waals surface area contributed by atoms with Gasteiger partial charge in [0.25, 0.3) is 0 Å². The molecule has 140 valence electrons. The van der Waals surface area contributed by atoms with Gasteiger partial charge >= 0.3 is 0 Å². The Morgan fingerprint density at radius 1 is 1.07 bits per heavy atom. The number of nitrogens with zero attached hydrogens (tertiary/aromatic N) is 3. The summed E-state index contributed by atoms with van der Waals surface area (Å²) in [5.74, 6) is 1.77. The van der Waals surface area contributed by atoms with E-state index in [4.69, 9.17) is 21.3 Å². The van der Waals surface area contributed by atoms with E-state index in [1.54, 1.807) is 7.11 Å². The molecule has 4 rings (SSSR count). The summed E-state index contributed by atoms with van der Waals surface area (Å²) in [5.41, 5.74) is 3.29. The molecule has 1 aliphatic heterocycles. The van der Waals surface area contributed by atoms with Crippen LogP contribution in [0.25, 0.3) is 11.4 Å². The second-order valence-electron chi connectivity index (χ2n) is 6.72. The van der Waals surface area contributed by atoms with Gasteiger partial charge < -0.3 is 14.6 Å². The van der Waals surface area contributed by atoms with E-state index < -0.39 is 0 Å². The molecule has 0 spiro atoms. The van der Waals surface area contributed by atoms with Gasteiger partial charge in [0.15, 0.2) is 0 Å². The third-order valence-corrected chi connectivity index (χ3v) is 5.14. The molecule has 5 nitrogen and oxygen atoms in total. The number of rotatable bonds is 5. The fourth-order valence-corrected chi connectivity index (χ4v) is 3.62. The van der Waals surface area contributed by atoms with Crippen LogP contribution >= 0.6 is 11.6 Å². The molecule has 2 heterocycles. The summed E-state index contributed by atoms with van der Waals surface area (Å²) in [6, 6.07) is 16.0. The predicted octanol–water partition coefficient (Wildman–Crippen LogP) is 4.06. The molecule has 1 aromatic heterocycles. The molecule has 0 amide bonds. The molecule has 2 aromatic carbocycles. The molecular weight excluding hydrogens is 360 g/mol. The Morgan fingerprint density at radius 2 is 1.89 bits per heavy atom. The highest BCUT2D eigenvalue weighted by molar-refractivity contribution is 6.30. The number of aromatic amines is 1. The van der Waals surface area contributed by atoms with E-state index in [2.05, 4.69) is 26.9 Å².